The summed E-state index contributed by atoms with van der Waals surface area (Å²) in [6, 6.07) is 7.34. The van der Waals surface area contributed by atoms with Gasteiger partial charge in [-0.2, -0.15) is 9.98 Å². The quantitative estimate of drug-likeness (QED) is 0.761. The lowest BCUT2D eigenvalue weighted by molar-refractivity contribution is -0.114. The SMILES string of the molecule is CC(=O)Nc1ccc(S(=O)(=O)NCC#N)cc1. The lowest BCUT2D eigenvalue weighted by Crippen LogP contribution is -2.23. The zero-order chi connectivity index (χ0) is 12.9. The lowest BCUT2D eigenvalue weighted by Gasteiger charge is -2.05. The van der Waals surface area contributed by atoms with Gasteiger partial charge < -0.3 is 5.32 Å². The number of anilines is 1. The van der Waals surface area contributed by atoms with E-state index in [1.807, 2.05) is 0 Å². The summed E-state index contributed by atoms with van der Waals surface area (Å²) in [5.41, 5.74) is 0.511. The minimum absolute atomic E-state index is 0.0434. The van der Waals surface area contributed by atoms with Gasteiger partial charge in [-0.05, 0) is 24.3 Å². The first-order valence-corrected chi connectivity index (χ1v) is 6.18. The Morgan fingerprint density at radius 1 is 1.35 bits per heavy atom. The first-order valence-electron chi connectivity index (χ1n) is 4.70. The van der Waals surface area contributed by atoms with Crippen molar-refractivity contribution in [1.29, 1.82) is 5.26 Å². The number of nitriles is 1. The van der Waals surface area contributed by atoms with Gasteiger partial charge in [0.1, 0.15) is 0 Å². The molecule has 0 aliphatic rings. The molecule has 1 aromatic rings. The molecule has 0 aliphatic heterocycles. The predicted molar refractivity (Wildman–Crippen MR) is 61.5 cm³/mol. The van der Waals surface area contributed by atoms with Crippen molar-refractivity contribution in [1.82, 2.24) is 4.72 Å². The van der Waals surface area contributed by atoms with E-state index in [1.165, 1.54) is 31.2 Å². The maximum Gasteiger partial charge on any atom is 0.241 e. The van der Waals surface area contributed by atoms with E-state index in [1.54, 1.807) is 6.07 Å². The van der Waals surface area contributed by atoms with Gasteiger partial charge in [-0.1, -0.05) is 0 Å². The number of carbonyl (C=O) groups excluding carboxylic acids is 1. The molecule has 0 saturated carbocycles. The Morgan fingerprint density at radius 2 is 1.94 bits per heavy atom. The summed E-state index contributed by atoms with van der Waals surface area (Å²) < 4.78 is 25.3. The summed E-state index contributed by atoms with van der Waals surface area (Å²) in [4.78, 5) is 10.8. The molecule has 1 aromatic carbocycles. The number of rotatable bonds is 4. The average molecular weight is 253 g/mol. The zero-order valence-corrected chi connectivity index (χ0v) is 9.91. The molecular weight excluding hydrogens is 242 g/mol. The van der Waals surface area contributed by atoms with Crippen LogP contribution in [0.1, 0.15) is 6.92 Å². The monoisotopic (exact) mass is 253 g/mol. The van der Waals surface area contributed by atoms with Crippen molar-refractivity contribution < 1.29 is 13.2 Å². The standard InChI is InChI=1S/C10H11N3O3S/c1-8(14)13-9-2-4-10(5-3-9)17(15,16)12-7-6-11/h2-5,12H,7H2,1H3,(H,13,14). The second kappa shape index (κ2) is 5.43. The fourth-order valence-corrected chi connectivity index (χ4v) is 2.05. The summed E-state index contributed by atoms with van der Waals surface area (Å²) in [5.74, 6) is -0.233. The number of benzene rings is 1. The third-order valence-corrected chi connectivity index (χ3v) is 3.24. The zero-order valence-electron chi connectivity index (χ0n) is 9.10. The molecular formula is C10H11N3O3S. The van der Waals surface area contributed by atoms with E-state index in [2.05, 4.69) is 10.0 Å². The summed E-state index contributed by atoms with van der Waals surface area (Å²) in [6.07, 6.45) is 0. The Kier molecular flexibility index (Phi) is 4.20. The van der Waals surface area contributed by atoms with E-state index >= 15 is 0 Å². The Labute approximate surface area is 99.3 Å². The van der Waals surface area contributed by atoms with E-state index in [9.17, 15) is 13.2 Å². The van der Waals surface area contributed by atoms with Crippen molar-refractivity contribution in [3.05, 3.63) is 24.3 Å². The summed E-state index contributed by atoms with van der Waals surface area (Å²) >= 11 is 0. The summed E-state index contributed by atoms with van der Waals surface area (Å²) in [6.45, 7) is 1.08. The number of nitrogens with zero attached hydrogens (tertiary/aromatic N) is 1. The fraction of sp³-hybridized carbons (Fsp3) is 0.200. The van der Waals surface area contributed by atoms with E-state index in [-0.39, 0.29) is 17.3 Å². The highest BCUT2D eigenvalue weighted by molar-refractivity contribution is 7.89. The molecule has 17 heavy (non-hydrogen) atoms. The van der Waals surface area contributed by atoms with Gasteiger partial charge in [0.15, 0.2) is 0 Å². The first kappa shape index (κ1) is 13.2. The van der Waals surface area contributed by atoms with Gasteiger partial charge in [0.25, 0.3) is 0 Å². The van der Waals surface area contributed by atoms with Crippen LogP contribution < -0.4 is 10.0 Å². The van der Waals surface area contributed by atoms with Crippen molar-refractivity contribution >= 4 is 21.6 Å². The normalized spacial score (nSPS) is 10.6. The van der Waals surface area contributed by atoms with E-state index in [0.717, 1.165) is 0 Å². The molecule has 2 N–H and O–H groups in total. The molecule has 0 atom stereocenters. The maximum absolute atomic E-state index is 11.6. The highest BCUT2D eigenvalue weighted by Crippen LogP contribution is 2.13. The second-order valence-corrected chi connectivity index (χ2v) is 4.96. The molecule has 6 nitrogen and oxygen atoms in total. The summed E-state index contributed by atoms with van der Waals surface area (Å²) in [7, 11) is -3.65. The lowest BCUT2D eigenvalue weighted by atomic mass is 10.3. The highest BCUT2D eigenvalue weighted by Gasteiger charge is 2.12. The van der Waals surface area contributed by atoms with Crippen molar-refractivity contribution in [2.75, 3.05) is 11.9 Å². The van der Waals surface area contributed by atoms with Crippen molar-refractivity contribution in [2.24, 2.45) is 0 Å². The first-order chi connectivity index (χ1) is 7.95. The number of hydrogen-bond donors (Lipinski definition) is 2. The third-order valence-electron chi connectivity index (χ3n) is 1.83. The molecule has 0 heterocycles. The highest BCUT2D eigenvalue weighted by atomic mass is 32.2. The van der Waals surface area contributed by atoms with Crippen LogP contribution in [0.4, 0.5) is 5.69 Å². The van der Waals surface area contributed by atoms with Crippen LogP contribution in [-0.4, -0.2) is 20.9 Å². The minimum atomic E-state index is -3.65. The smallest absolute Gasteiger partial charge is 0.241 e. The molecule has 1 rings (SSSR count). The van der Waals surface area contributed by atoms with Crippen molar-refractivity contribution in [3.63, 3.8) is 0 Å². The largest absolute Gasteiger partial charge is 0.326 e. The second-order valence-electron chi connectivity index (χ2n) is 3.19. The van der Waals surface area contributed by atoms with Crippen molar-refractivity contribution in [3.8, 4) is 6.07 Å². The van der Waals surface area contributed by atoms with Crippen LogP contribution in [0.25, 0.3) is 0 Å². The van der Waals surface area contributed by atoms with Crippen LogP contribution in [0.15, 0.2) is 29.2 Å². The summed E-state index contributed by atoms with van der Waals surface area (Å²) in [5, 5.41) is 10.8. The molecule has 7 heteroatoms. The maximum atomic E-state index is 11.6. The van der Waals surface area contributed by atoms with Crippen LogP contribution in [0.2, 0.25) is 0 Å². The topological polar surface area (TPSA) is 99.1 Å². The predicted octanol–water partition coefficient (Wildman–Crippen LogP) is 0.447. The van der Waals surface area contributed by atoms with E-state index < -0.39 is 10.0 Å². The van der Waals surface area contributed by atoms with Gasteiger partial charge in [0.05, 0.1) is 17.5 Å². The fourth-order valence-electron chi connectivity index (χ4n) is 1.13. The van der Waals surface area contributed by atoms with Crippen LogP contribution in [0.3, 0.4) is 0 Å². The Bertz CT molecular complexity index is 543. The number of hydrogen-bond acceptors (Lipinski definition) is 4. The number of nitrogens with one attached hydrogen (secondary N) is 2. The van der Waals surface area contributed by atoms with Gasteiger partial charge in [-0.15, -0.1) is 0 Å². The number of carbonyl (C=O) groups is 1. The molecule has 0 saturated heterocycles. The Morgan fingerprint density at radius 3 is 2.41 bits per heavy atom. The van der Waals surface area contributed by atoms with Gasteiger partial charge >= 0.3 is 0 Å². The Balaban J connectivity index is 2.88. The molecule has 0 aliphatic carbocycles. The number of sulfonamides is 1. The number of amides is 1. The molecule has 0 bridgehead atoms. The van der Waals surface area contributed by atoms with E-state index in [4.69, 9.17) is 5.26 Å². The van der Waals surface area contributed by atoms with Gasteiger partial charge in [0, 0.05) is 12.6 Å². The van der Waals surface area contributed by atoms with Gasteiger partial charge in [0.2, 0.25) is 15.9 Å². The minimum Gasteiger partial charge on any atom is -0.326 e. The molecule has 90 valence electrons. The van der Waals surface area contributed by atoms with Crippen molar-refractivity contribution in [2.45, 2.75) is 11.8 Å². The Hall–Kier alpha value is -1.91. The van der Waals surface area contributed by atoms with Gasteiger partial charge in [-0.3, -0.25) is 4.79 Å². The molecule has 0 aromatic heterocycles. The molecule has 0 unspecified atom stereocenters. The van der Waals surface area contributed by atoms with Crippen LogP contribution >= 0.6 is 0 Å². The van der Waals surface area contributed by atoms with Crippen LogP contribution in [0, 0.1) is 11.3 Å². The van der Waals surface area contributed by atoms with E-state index in [0.29, 0.717) is 5.69 Å². The average Bonchev–Trinajstić information content (AvgIpc) is 2.26. The van der Waals surface area contributed by atoms with Crippen LogP contribution in [-0.2, 0) is 14.8 Å². The molecule has 0 fully saturated rings. The molecule has 0 spiro atoms. The third kappa shape index (κ3) is 3.86. The van der Waals surface area contributed by atoms with Gasteiger partial charge in [-0.25, -0.2) is 8.42 Å². The molecule has 0 radical (unpaired) electrons. The van der Waals surface area contributed by atoms with Crippen LogP contribution in [0.5, 0.6) is 0 Å². The molecule has 1 amide bonds.